The molecule has 0 N–H and O–H groups in total. The first-order chi connectivity index (χ1) is 13.2. The Bertz CT molecular complexity index is 895. The number of rotatable bonds is 4. The van der Waals surface area contributed by atoms with Gasteiger partial charge in [-0.1, -0.05) is 24.3 Å². The summed E-state index contributed by atoms with van der Waals surface area (Å²) in [7, 11) is 0. The lowest BCUT2D eigenvalue weighted by atomic mass is 10.1. The van der Waals surface area contributed by atoms with Crippen LogP contribution in [0.1, 0.15) is 31.4 Å². The number of alkyl halides is 3. The van der Waals surface area contributed by atoms with E-state index in [-0.39, 0.29) is 30.6 Å². The predicted molar refractivity (Wildman–Crippen MR) is 101 cm³/mol. The maximum atomic E-state index is 13.0. The summed E-state index contributed by atoms with van der Waals surface area (Å²) in [5.41, 5.74) is 1.24. The second-order valence-electron chi connectivity index (χ2n) is 6.91. The molecule has 4 nitrogen and oxygen atoms in total. The third-order valence-electron chi connectivity index (χ3n) is 4.89. The van der Waals surface area contributed by atoms with Gasteiger partial charge in [0.1, 0.15) is 0 Å². The number of halogens is 3. The lowest BCUT2D eigenvalue weighted by molar-refractivity contribution is -0.137. The minimum absolute atomic E-state index is 0.00392. The maximum absolute atomic E-state index is 13.0. The molecule has 1 heterocycles. The van der Waals surface area contributed by atoms with Crippen molar-refractivity contribution in [1.29, 1.82) is 0 Å². The van der Waals surface area contributed by atoms with Gasteiger partial charge in [-0.15, -0.1) is 0 Å². The van der Waals surface area contributed by atoms with Crippen LogP contribution in [-0.4, -0.2) is 24.4 Å². The van der Waals surface area contributed by atoms with E-state index >= 15 is 0 Å². The zero-order valence-electron chi connectivity index (χ0n) is 15.7. The molecule has 0 saturated carbocycles. The number of carbonyl (C=O) groups is 2. The van der Waals surface area contributed by atoms with Crippen molar-refractivity contribution in [3.05, 3.63) is 59.7 Å². The summed E-state index contributed by atoms with van der Waals surface area (Å²) < 4.78 is 38.9. The van der Waals surface area contributed by atoms with Gasteiger partial charge < -0.3 is 9.80 Å². The van der Waals surface area contributed by atoms with E-state index in [4.69, 9.17) is 0 Å². The Kier molecular flexibility index (Phi) is 5.45. The molecule has 0 bridgehead atoms. The Morgan fingerprint density at radius 3 is 2.54 bits per heavy atom. The first-order valence-corrected chi connectivity index (χ1v) is 9.04. The molecule has 0 spiro atoms. The van der Waals surface area contributed by atoms with Crippen molar-refractivity contribution < 1.29 is 22.8 Å². The van der Waals surface area contributed by atoms with Crippen molar-refractivity contribution in [2.45, 2.75) is 38.9 Å². The zero-order chi connectivity index (χ0) is 20.5. The third-order valence-corrected chi connectivity index (χ3v) is 4.89. The van der Waals surface area contributed by atoms with Gasteiger partial charge in [-0.05, 0) is 43.2 Å². The summed E-state index contributed by atoms with van der Waals surface area (Å²) in [5, 5.41) is 0. The van der Waals surface area contributed by atoms with Gasteiger partial charge in [-0.3, -0.25) is 9.59 Å². The number of nitrogens with zero attached hydrogens (tertiary/aromatic N) is 2. The average molecular weight is 390 g/mol. The average Bonchev–Trinajstić information content (AvgIpc) is 2.96. The van der Waals surface area contributed by atoms with Crippen LogP contribution in [0.2, 0.25) is 0 Å². The van der Waals surface area contributed by atoms with E-state index < -0.39 is 17.6 Å². The smallest absolute Gasteiger partial charge is 0.312 e. The number of hydrogen-bond donors (Lipinski definition) is 0. The number of amides is 2. The van der Waals surface area contributed by atoms with E-state index in [1.807, 2.05) is 31.2 Å². The molecule has 2 aromatic carbocycles. The number of hydrogen-bond acceptors (Lipinski definition) is 2. The Hall–Kier alpha value is -2.83. The van der Waals surface area contributed by atoms with Crippen LogP contribution in [0.5, 0.6) is 0 Å². The normalized spacial score (nSPS) is 16.0. The van der Waals surface area contributed by atoms with E-state index in [0.717, 1.165) is 29.8 Å². The zero-order valence-corrected chi connectivity index (χ0v) is 15.7. The van der Waals surface area contributed by atoms with Gasteiger partial charge in [0.2, 0.25) is 11.8 Å². The molecule has 1 aliphatic rings. The van der Waals surface area contributed by atoms with Gasteiger partial charge in [0.25, 0.3) is 0 Å². The molecular formula is C21H21F3N2O2. The summed E-state index contributed by atoms with van der Waals surface area (Å²) in [5.74, 6) is -0.572. The molecule has 1 atom stereocenters. The van der Waals surface area contributed by atoms with Crippen molar-refractivity contribution in [2.24, 2.45) is 0 Å². The van der Waals surface area contributed by atoms with Gasteiger partial charge >= 0.3 is 6.18 Å². The van der Waals surface area contributed by atoms with Crippen LogP contribution in [0.4, 0.5) is 24.5 Å². The third kappa shape index (κ3) is 4.03. The standard InChI is InChI=1S/C21H21F3N2O2/c1-14-12-16-6-3-4-9-19(16)26(14)20(28)10-11-25(15(2)27)18-8-5-7-17(13-18)21(22,23)24/h3-9,13-14H,10-12H2,1-2H3. The van der Waals surface area contributed by atoms with Gasteiger partial charge in [0.15, 0.2) is 0 Å². The highest BCUT2D eigenvalue weighted by atomic mass is 19.4. The van der Waals surface area contributed by atoms with Crippen LogP contribution < -0.4 is 9.80 Å². The summed E-state index contributed by atoms with van der Waals surface area (Å²) >= 11 is 0. The van der Waals surface area contributed by atoms with Crippen molar-refractivity contribution in [1.82, 2.24) is 0 Å². The Morgan fingerprint density at radius 1 is 1.14 bits per heavy atom. The first-order valence-electron chi connectivity index (χ1n) is 9.04. The summed E-state index contributed by atoms with van der Waals surface area (Å²) in [6.45, 7) is 3.24. The highest BCUT2D eigenvalue weighted by Crippen LogP contribution is 2.33. The number of fused-ring (bicyclic) bond motifs is 1. The minimum atomic E-state index is -4.50. The van der Waals surface area contributed by atoms with Crippen molar-refractivity contribution in [3.8, 4) is 0 Å². The fourth-order valence-corrected chi connectivity index (χ4v) is 3.59. The predicted octanol–water partition coefficient (Wildman–Crippen LogP) is 4.43. The van der Waals surface area contributed by atoms with E-state index in [1.165, 1.54) is 24.0 Å². The van der Waals surface area contributed by atoms with Crippen LogP contribution in [0.15, 0.2) is 48.5 Å². The molecule has 148 valence electrons. The molecule has 0 saturated heterocycles. The minimum Gasteiger partial charge on any atom is -0.312 e. The largest absolute Gasteiger partial charge is 0.416 e. The molecular weight excluding hydrogens is 369 g/mol. The number of carbonyl (C=O) groups excluding carboxylic acids is 2. The number of benzene rings is 2. The highest BCUT2D eigenvalue weighted by Gasteiger charge is 2.32. The molecule has 0 fully saturated rings. The summed E-state index contributed by atoms with van der Waals surface area (Å²) in [6.07, 6.45) is -3.72. The van der Waals surface area contributed by atoms with E-state index in [1.54, 1.807) is 4.90 Å². The van der Waals surface area contributed by atoms with Gasteiger partial charge in [-0.2, -0.15) is 13.2 Å². The van der Waals surface area contributed by atoms with Crippen LogP contribution in [0.25, 0.3) is 0 Å². The van der Waals surface area contributed by atoms with Crippen molar-refractivity contribution >= 4 is 23.2 Å². The van der Waals surface area contributed by atoms with Crippen molar-refractivity contribution in [3.63, 3.8) is 0 Å². The molecule has 0 aliphatic carbocycles. The fraction of sp³-hybridized carbons (Fsp3) is 0.333. The summed E-state index contributed by atoms with van der Waals surface area (Å²) in [6, 6.07) is 12.2. The molecule has 2 amide bonds. The van der Waals surface area contributed by atoms with Gasteiger partial charge in [0.05, 0.1) is 5.56 Å². The molecule has 3 rings (SSSR count). The SMILES string of the molecule is CC(=O)N(CCC(=O)N1c2ccccc2CC1C)c1cccc(C(F)(F)F)c1. The van der Waals surface area contributed by atoms with Crippen LogP contribution >= 0.6 is 0 Å². The maximum Gasteiger partial charge on any atom is 0.416 e. The monoisotopic (exact) mass is 390 g/mol. The molecule has 0 radical (unpaired) electrons. The molecule has 1 aliphatic heterocycles. The van der Waals surface area contributed by atoms with Crippen LogP contribution in [-0.2, 0) is 22.2 Å². The number of para-hydroxylation sites is 1. The highest BCUT2D eigenvalue weighted by molar-refractivity contribution is 5.98. The van der Waals surface area contributed by atoms with Gasteiger partial charge in [0, 0.05) is 37.3 Å². The molecule has 0 aromatic heterocycles. The lowest BCUT2D eigenvalue weighted by Gasteiger charge is -2.26. The number of anilines is 2. The Morgan fingerprint density at radius 2 is 1.86 bits per heavy atom. The molecule has 2 aromatic rings. The van der Waals surface area contributed by atoms with Gasteiger partial charge in [-0.25, -0.2) is 0 Å². The fourth-order valence-electron chi connectivity index (χ4n) is 3.59. The second kappa shape index (κ2) is 7.66. The second-order valence-corrected chi connectivity index (χ2v) is 6.91. The topological polar surface area (TPSA) is 40.6 Å². The summed E-state index contributed by atoms with van der Waals surface area (Å²) in [4.78, 5) is 27.7. The van der Waals surface area contributed by atoms with E-state index in [9.17, 15) is 22.8 Å². The van der Waals surface area contributed by atoms with Crippen LogP contribution in [0, 0.1) is 0 Å². The van der Waals surface area contributed by atoms with E-state index in [0.29, 0.717) is 0 Å². The van der Waals surface area contributed by atoms with E-state index in [2.05, 4.69) is 0 Å². The van der Waals surface area contributed by atoms with Crippen molar-refractivity contribution in [2.75, 3.05) is 16.3 Å². The Balaban J connectivity index is 1.76. The lowest BCUT2D eigenvalue weighted by Crippen LogP contribution is -2.39. The molecule has 28 heavy (non-hydrogen) atoms. The van der Waals surface area contributed by atoms with Crippen LogP contribution in [0.3, 0.4) is 0 Å². The quantitative estimate of drug-likeness (QED) is 0.775. The molecule has 7 heteroatoms. The first kappa shape index (κ1) is 19.9. The Labute approximate surface area is 161 Å². The molecule has 1 unspecified atom stereocenters.